The number of hydrogen-bond acceptors (Lipinski definition) is 8. The SMILES string of the molecule is CCCNc1cc(Cc2ccc(S(=O)(=O)N3CCC(N4CCOCC4)CC3)cc2OC)nc2c1C(C#N)=CC2. The fourth-order valence-electron chi connectivity index (χ4n) is 5.76. The summed E-state index contributed by atoms with van der Waals surface area (Å²) < 4.78 is 39.8. The molecule has 1 N–H and O–H groups in total. The third-order valence-electron chi connectivity index (χ3n) is 7.86. The Kier molecular flexibility index (Phi) is 8.52. The van der Waals surface area contributed by atoms with Crippen LogP contribution in [0.1, 0.15) is 48.7 Å². The maximum atomic E-state index is 13.5. The Hall–Kier alpha value is -2.97. The van der Waals surface area contributed by atoms with Crippen LogP contribution in [-0.2, 0) is 27.6 Å². The smallest absolute Gasteiger partial charge is 0.243 e. The van der Waals surface area contributed by atoms with Crippen molar-refractivity contribution in [3.8, 4) is 11.8 Å². The van der Waals surface area contributed by atoms with Crippen LogP contribution in [0.5, 0.6) is 5.75 Å². The number of anilines is 1. The number of fused-ring (bicyclic) bond motifs is 1. The molecule has 39 heavy (non-hydrogen) atoms. The molecule has 2 fully saturated rings. The number of piperidine rings is 1. The number of nitrogens with zero attached hydrogens (tertiary/aromatic N) is 4. The Bertz CT molecular complexity index is 1370. The molecule has 2 saturated heterocycles. The Morgan fingerprint density at radius 1 is 1.18 bits per heavy atom. The van der Waals surface area contributed by atoms with Crippen molar-refractivity contribution < 1.29 is 17.9 Å². The molecule has 3 heterocycles. The van der Waals surface area contributed by atoms with E-state index in [2.05, 4.69) is 23.2 Å². The number of nitrogens with one attached hydrogen (secondary N) is 1. The summed E-state index contributed by atoms with van der Waals surface area (Å²) in [7, 11) is -2.06. The summed E-state index contributed by atoms with van der Waals surface area (Å²) in [5.74, 6) is 0.528. The summed E-state index contributed by atoms with van der Waals surface area (Å²) in [6.45, 7) is 7.26. The number of nitriles is 1. The Labute approximate surface area is 231 Å². The number of rotatable bonds is 9. The van der Waals surface area contributed by atoms with Gasteiger partial charge in [0.25, 0.3) is 0 Å². The molecule has 0 bridgehead atoms. The molecular weight excluding hydrogens is 514 g/mol. The lowest BCUT2D eigenvalue weighted by Crippen LogP contribution is -2.50. The van der Waals surface area contributed by atoms with Crippen LogP contribution >= 0.6 is 0 Å². The van der Waals surface area contributed by atoms with Crippen LogP contribution in [0.2, 0.25) is 0 Å². The standard InChI is InChI=1S/C29H37N5O4S/c1-3-10-31-27-18-23(32-26-7-5-22(20-30)29(26)27)17-21-4-6-25(19-28(21)37-2)39(35,36)34-11-8-24(9-12-34)33-13-15-38-16-14-33/h4-6,18-19,24H,3,7-17H2,1-2H3,(H,31,32). The van der Waals surface area contributed by atoms with Gasteiger partial charge in [0, 0.05) is 80.2 Å². The van der Waals surface area contributed by atoms with Gasteiger partial charge in [-0.15, -0.1) is 0 Å². The molecule has 0 saturated carbocycles. The predicted octanol–water partition coefficient (Wildman–Crippen LogP) is 3.45. The van der Waals surface area contributed by atoms with Gasteiger partial charge in [0.2, 0.25) is 10.0 Å². The summed E-state index contributed by atoms with van der Waals surface area (Å²) in [6.07, 6.45) is 5.66. The number of aromatic nitrogens is 1. The minimum atomic E-state index is -3.63. The fraction of sp³-hybridized carbons (Fsp3) is 0.517. The lowest BCUT2D eigenvalue weighted by atomic mass is 10.0. The summed E-state index contributed by atoms with van der Waals surface area (Å²) in [6, 6.07) is 9.84. The highest BCUT2D eigenvalue weighted by molar-refractivity contribution is 7.89. The van der Waals surface area contributed by atoms with Gasteiger partial charge in [-0.05, 0) is 31.4 Å². The Morgan fingerprint density at radius 3 is 2.64 bits per heavy atom. The van der Waals surface area contributed by atoms with Gasteiger partial charge in [-0.3, -0.25) is 9.88 Å². The van der Waals surface area contributed by atoms with Gasteiger partial charge in [-0.1, -0.05) is 19.1 Å². The fourth-order valence-corrected chi connectivity index (χ4v) is 7.25. The van der Waals surface area contributed by atoms with Gasteiger partial charge in [0.05, 0.1) is 42.6 Å². The molecule has 2 aromatic rings. The molecule has 0 radical (unpaired) electrons. The van der Waals surface area contributed by atoms with Crippen molar-refractivity contribution in [2.24, 2.45) is 0 Å². The zero-order valence-electron chi connectivity index (χ0n) is 22.8. The number of morpholine rings is 1. The molecule has 5 rings (SSSR count). The summed E-state index contributed by atoms with van der Waals surface area (Å²) in [5, 5.41) is 13.0. The first kappa shape index (κ1) is 27.6. The van der Waals surface area contributed by atoms with Crippen LogP contribution in [0.25, 0.3) is 5.57 Å². The van der Waals surface area contributed by atoms with E-state index in [1.807, 2.05) is 18.2 Å². The van der Waals surface area contributed by atoms with Crippen molar-refractivity contribution in [1.82, 2.24) is 14.2 Å². The van der Waals surface area contributed by atoms with Gasteiger partial charge < -0.3 is 14.8 Å². The van der Waals surface area contributed by atoms with E-state index in [0.717, 1.165) is 80.3 Å². The van der Waals surface area contributed by atoms with Crippen molar-refractivity contribution in [2.45, 2.75) is 50.0 Å². The second kappa shape index (κ2) is 12.0. The molecule has 1 aromatic heterocycles. The molecule has 9 nitrogen and oxygen atoms in total. The number of ether oxygens (including phenoxy) is 2. The number of pyridine rings is 1. The van der Waals surface area contributed by atoms with E-state index >= 15 is 0 Å². The van der Waals surface area contributed by atoms with E-state index < -0.39 is 10.0 Å². The molecule has 1 aliphatic carbocycles. The van der Waals surface area contributed by atoms with Crippen molar-refractivity contribution >= 4 is 21.3 Å². The Morgan fingerprint density at radius 2 is 1.95 bits per heavy atom. The molecule has 1 aromatic carbocycles. The number of hydrogen-bond donors (Lipinski definition) is 1. The van der Waals surface area contributed by atoms with E-state index in [-0.39, 0.29) is 4.90 Å². The minimum Gasteiger partial charge on any atom is -0.496 e. The van der Waals surface area contributed by atoms with Gasteiger partial charge in [-0.25, -0.2) is 8.42 Å². The highest BCUT2D eigenvalue weighted by Crippen LogP contribution is 2.35. The average Bonchev–Trinajstić information content (AvgIpc) is 3.40. The first-order valence-electron chi connectivity index (χ1n) is 13.8. The normalized spacial score (nSPS) is 18.8. The van der Waals surface area contributed by atoms with E-state index in [4.69, 9.17) is 14.5 Å². The highest BCUT2D eigenvalue weighted by Gasteiger charge is 2.32. The lowest BCUT2D eigenvalue weighted by Gasteiger charge is -2.39. The van der Waals surface area contributed by atoms with Crippen LogP contribution in [0.15, 0.2) is 35.2 Å². The monoisotopic (exact) mass is 551 g/mol. The number of methoxy groups -OCH3 is 1. The van der Waals surface area contributed by atoms with E-state index in [9.17, 15) is 13.7 Å². The van der Waals surface area contributed by atoms with Crippen LogP contribution in [0.4, 0.5) is 5.69 Å². The molecule has 0 spiro atoms. The molecule has 0 atom stereocenters. The zero-order valence-corrected chi connectivity index (χ0v) is 23.6. The van der Waals surface area contributed by atoms with Gasteiger partial charge >= 0.3 is 0 Å². The number of benzene rings is 1. The number of sulfonamides is 1. The van der Waals surface area contributed by atoms with Crippen LogP contribution < -0.4 is 10.1 Å². The summed E-state index contributed by atoms with van der Waals surface area (Å²) >= 11 is 0. The molecule has 3 aliphatic rings. The second-order valence-corrected chi connectivity index (χ2v) is 12.2. The van der Waals surface area contributed by atoms with E-state index in [1.165, 1.54) is 0 Å². The van der Waals surface area contributed by atoms with Crippen LogP contribution in [-0.4, -0.2) is 81.7 Å². The van der Waals surface area contributed by atoms with Crippen molar-refractivity contribution in [2.75, 3.05) is 58.4 Å². The second-order valence-electron chi connectivity index (χ2n) is 10.3. The summed E-state index contributed by atoms with van der Waals surface area (Å²) in [4.78, 5) is 7.53. The molecule has 2 aliphatic heterocycles. The van der Waals surface area contributed by atoms with Crippen molar-refractivity contribution in [3.05, 3.63) is 52.9 Å². The first-order chi connectivity index (χ1) is 18.9. The number of allylic oxidation sites excluding steroid dienone is 2. The van der Waals surface area contributed by atoms with E-state index in [1.54, 1.807) is 23.5 Å². The third-order valence-corrected chi connectivity index (χ3v) is 9.75. The van der Waals surface area contributed by atoms with Crippen LogP contribution in [0, 0.1) is 11.3 Å². The topological polar surface area (TPSA) is 108 Å². The third kappa shape index (κ3) is 5.82. The quantitative estimate of drug-likeness (QED) is 0.505. The molecule has 0 unspecified atom stereocenters. The lowest BCUT2D eigenvalue weighted by molar-refractivity contribution is 0.00610. The maximum absolute atomic E-state index is 13.5. The Balaban J connectivity index is 1.33. The molecule has 10 heteroatoms. The van der Waals surface area contributed by atoms with Gasteiger partial charge in [0.1, 0.15) is 5.75 Å². The first-order valence-corrected chi connectivity index (χ1v) is 15.2. The highest BCUT2D eigenvalue weighted by atomic mass is 32.2. The zero-order chi connectivity index (χ0) is 27.4. The summed E-state index contributed by atoms with van der Waals surface area (Å²) in [5.41, 5.74) is 5.06. The molecule has 0 amide bonds. The largest absolute Gasteiger partial charge is 0.496 e. The van der Waals surface area contributed by atoms with Crippen molar-refractivity contribution in [3.63, 3.8) is 0 Å². The van der Waals surface area contributed by atoms with E-state index in [0.29, 0.717) is 43.3 Å². The van der Waals surface area contributed by atoms with Gasteiger partial charge in [0.15, 0.2) is 0 Å². The van der Waals surface area contributed by atoms with Gasteiger partial charge in [-0.2, -0.15) is 9.57 Å². The molecular formula is C29H37N5O4S. The van der Waals surface area contributed by atoms with Crippen LogP contribution in [0.3, 0.4) is 0 Å². The maximum Gasteiger partial charge on any atom is 0.243 e. The van der Waals surface area contributed by atoms with Crippen molar-refractivity contribution in [1.29, 1.82) is 5.26 Å². The average molecular weight is 552 g/mol. The molecule has 208 valence electrons. The minimum absolute atomic E-state index is 0.253. The predicted molar refractivity (Wildman–Crippen MR) is 150 cm³/mol.